The predicted octanol–water partition coefficient (Wildman–Crippen LogP) is 3.56. The predicted molar refractivity (Wildman–Crippen MR) is 66.9 cm³/mol. The molecule has 1 heteroatoms. The van der Waals surface area contributed by atoms with Crippen molar-refractivity contribution < 1.29 is 0 Å². The molecule has 1 aromatic carbocycles. The summed E-state index contributed by atoms with van der Waals surface area (Å²) < 4.78 is 0. The molecule has 1 atom stereocenters. The molecule has 0 heterocycles. The van der Waals surface area contributed by atoms with E-state index >= 15 is 0 Å². The van der Waals surface area contributed by atoms with Gasteiger partial charge in [-0.3, -0.25) is 0 Å². The molecule has 1 aromatic rings. The summed E-state index contributed by atoms with van der Waals surface area (Å²) >= 11 is 0. The molecule has 0 spiro atoms. The highest BCUT2D eigenvalue weighted by atomic mass is 15.0. The molecular formula is C14H23N. The van der Waals surface area contributed by atoms with Gasteiger partial charge in [0.2, 0.25) is 0 Å². The maximum Gasteiger partial charge on any atom is 0.0431 e. The zero-order chi connectivity index (χ0) is 11.5. The van der Waals surface area contributed by atoms with E-state index in [1.54, 1.807) is 0 Å². The smallest absolute Gasteiger partial charge is 0.0431 e. The van der Waals surface area contributed by atoms with E-state index in [-0.39, 0.29) is 5.54 Å². The third-order valence-electron chi connectivity index (χ3n) is 3.12. The van der Waals surface area contributed by atoms with E-state index in [1.807, 2.05) is 0 Å². The Labute approximate surface area is 93.9 Å². The second kappa shape index (κ2) is 4.80. The highest BCUT2D eigenvalue weighted by molar-refractivity contribution is 5.24. The number of hydrogen-bond acceptors (Lipinski definition) is 1. The van der Waals surface area contributed by atoms with Crippen molar-refractivity contribution in [3.63, 3.8) is 0 Å². The normalized spacial score (nSPS) is 15.7. The van der Waals surface area contributed by atoms with E-state index in [4.69, 9.17) is 0 Å². The minimum absolute atomic E-state index is 0.0649. The van der Waals surface area contributed by atoms with Gasteiger partial charge in [0.25, 0.3) is 0 Å². The molecule has 1 N–H and O–H groups in total. The summed E-state index contributed by atoms with van der Waals surface area (Å²) in [5.41, 5.74) is 1.43. The van der Waals surface area contributed by atoms with Crippen LogP contribution in [0.3, 0.4) is 0 Å². The van der Waals surface area contributed by atoms with Gasteiger partial charge < -0.3 is 5.32 Å². The summed E-state index contributed by atoms with van der Waals surface area (Å²) in [5.74, 6) is 0.572. The molecule has 1 nitrogen and oxygen atoms in total. The Morgan fingerprint density at radius 3 is 1.93 bits per heavy atom. The molecule has 0 radical (unpaired) electrons. The van der Waals surface area contributed by atoms with Crippen molar-refractivity contribution in [1.29, 1.82) is 0 Å². The Morgan fingerprint density at radius 1 is 1.00 bits per heavy atom. The summed E-state index contributed by atoms with van der Waals surface area (Å²) in [6, 6.07) is 11.2. The zero-order valence-electron chi connectivity index (χ0n) is 10.5. The zero-order valence-corrected chi connectivity index (χ0v) is 10.5. The molecule has 84 valence electrons. The van der Waals surface area contributed by atoms with Gasteiger partial charge in [0, 0.05) is 11.6 Å². The summed E-state index contributed by atoms with van der Waals surface area (Å²) in [4.78, 5) is 0. The van der Waals surface area contributed by atoms with E-state index in [0.29, 0.717) is 12.0 Å². The lowest BCUT2D eigenvalue weighted by Crippen LogP contribution is -2.47. The van der Waals surface area contributed by atoms with E-state index < -0.39 is 0 Å². The summed E-state index contributed by atoms with van der Waals surface area (Å²) in [6.07, 6.45) is 0. The minimum atomic E-state index is 0.0649. The van der Waals surface area contributed by atoms with Crippen molar-refractivity contribution in [2.24, 2.45) is 5.92 Å². The Balaban J connectivity index is 3.02. The first-order valence-corrected chi connectivity index (χ1v) is 5.80. The van der Waals surface area contributed by atoms with Crippen LogP contribution in [-0.4, -0.2) is 6.04 Å². The molecule has 0 fully saturated rings. The van der Waals surface area contributed by atoms with E-state index in [1.165, 1.54) is 5.56 Å². The SMILES string of the molecule is CC(C)NC(C)(c1ccccc1)C(C)C. The second-order valence-electron chi connectivity index (χ2n) is 5.02. The van der Waals surface area contributed by atoms with Crippen LogP contribution in [0.1, 0.15) is 40.2 Å². The first-order chi connectivity index (χ1) is 6.97. The van der Waals surface area contributed by atoms with Crippen LogP contribution in [0.4, 0.5) is 0 Å². The number of rotatable bonds is 4. The number of benzene rings is 1. The van der Waals surface area contributed by atoms with Crippen molar-refractivity contribution in [3.8, 4) is 0 Å². The first kappa shape index (κ1) is 12.3. The fourth-order valence-electron chi connectivity index (χ4n) is 1.97. The monoisotopic (exact) mass is 205 g/mol. The quantitative estimate of drug-likeness (QED) is 0.792. The average Bonchev–Trinajstić information content (AvgIpc) is 2.17. The second-order valence-corrected chi connectivity index (χ2v) is 5.02. The topological polar surface area (TPSA) is 12.0 Å². The highest BCUT2D eigenvalue weighted by Crippen LogP contribution is 2.29. The summed E-state index contributed by atoms with van der Waals surface area (Å²) in [6.45, 7) is 11.2. The van der Waals surface area contributed by atoms with Gasteiger partial charge in [-0.2, -0.15) is 0 Å². The van der Waals surface area contributed by atoms with Gasteiger partial charge in [-0.05, 0) is 18.4 Å². The highest BCUT2D eigenvalue weighted by Gasteiger charge is 2.30. The van der Waals surface area contributed by atoms with Crippen molar-refractivity contribution in [1.82, 2.24) is 5.32 Å². The molecule has 15 heavy (non-hydrogen) atoms. The Morgan fingerprint density at radius 2 is 1.53 bits per heavy atom. The van der Waals surface area contributed by atoms with Gasteiger partial charge in [0.05, 0.1) is 0 Å². The van der Waals surface area contributed by atoms with Crippen molar-refractivity contribution >= 4 is 0 Å². The van der Waals surface area contributed by atoms with Crippen molar-refractivity contribution in [3.05, 3.63) is 35.9 Å². The van der Waals surface area contributed by atoms with Gasteiger partial charge in [0.1, 0.15) is 0 Å². The fourth-order valence-corrected chi connectivity index (χ4v) is 1.97. The lowest BCUT2D eigenvalue weighted by atomic mass is 9.81. The van der Waals surface area contributed by atoms with Crippen LogP contribution in [0.2, 0.25) is 0 Å². The molecular weight excluding hydrogens is 182 g/mol. The number of hydrogen-bond donors (Lipinski definition) is 1. The molecule has 1 rings (SSSR count). The van der Waals surface area contributed by atoms with Gasteiger partial charge in [-0.15, -0.1) is 0 Å². The van der Waals surface area contributed by atoms with E-state index in [9.17, 15) is 0 Å². The van der Waals surface area contributed by atoms with Crippen LogP contribution < -0.4 is 5.32 Å². The van der Waals surface area contributed by atoms with Gasteiger partial charge in [0.15, 0.2) is 0 Å². The number of nitrogens with one attached hydrogen (secondary N) is 1. The van der Waals surface area contributed by atoms with Gasteiger partial charge in [-0.25, -0.2) is 0 Å². The summed E-state index contributed by atoms with van der Waals surface area (Å²) in [7, 11) is 0. The van der Waals surface area contributed by atoms with Gasteiger partial charge >= 0.3 is 0 Å². The minimum Gasteiger partial charge on any atom is -0.305 e. The molecule has 0 aromatic heterocycles. The van der Waals surface area contributed by atoms with E-state index in [0.717, 1.165) is 0 Å². The maximum atomic E-state index is 3.67. The Bertz CT molecular complexity index is 289. The van der Waals surface area contributed by atoms with Crippen LogP contribution in [0.25, 0.3) is 0 Å². The molecule has 0 saturated carbocycles. The lowest BCUT2D eigenvalue weighted by molar-refractivity contribution is 0.245. The standard InChI is InChI=1S/C14H23N/c1-11(2)14(5,15-12(3)4)13-9-7-6-8-10-13/h6-12,15H,1-5H3. The summed E-state index contributed by atoms with van der Waals surface area (Å²) in [5, 5.41) is 3.67. The molecule has 0 saturated heterocycles. The Kier molecular flexibility index (Phi) is 3.92. The first-order valence-electron chi connectivity index (χ1n) is 5.80. The molecule has 0 amide bonds. The largest absolute Gasteiger partial charge is 0.305 e. The molecule has 0 aliphatic carbocycles. The van der Waals surface area contributed by atoms with Crippen molar-refractivity contribution in [2.45, 2.75) is 46.2 Å². The van der Waals surface area contributed by atoms with Crippen LogP contribution in [0, 0.1) is 5.92 Å². The van der Waals surface area contributed by atoms with Crippen LogP contribution in [-0.2, 0) is 5.54 Å². The van der Waals surface area contributed by atoms with Gasteiger partial charge in [-0.1, -0.05) is 58.0 Å². The molecule has 0 aliphatic heterocycles. The third-order valence-corrected chi connectivity index (χ3v) is 3.12. The van der Waals surface area contributed by atoms with Crippen molar-refractivity contribution in [2.75, 3.05) is 0 Å². The Hall–Kier alpha value is -0.820. The van der Waals surface area contributed by atoms with Crippen LogP contribution >= 0.6 is 0 Å². The molecule has 1 unspecified atom stereocenters. The molecule has 0 aliphatic rings. The van der Waals surface area contributed by atoms with Crippen LogP contribution in [0.5, 0.6) is 0 Å². The molecule has 0 bridgehead atoms. The lowest BCUT2D eigenvalue weighted by Gasteiger charge is -2.37. The van der Waals surface area contributed by atoms with Crippen LogP contribution in [0.15, 0.2) is 30.3 Å². The maximum absolute atomic E-state index is 3.67. The third kappa shape index (κ3) is 2.82. The fraction of sp³-hybridized carbons (Fsp3) is 0.571. The average molecular weight is 205 g/mol. The van der Waals surface area contributed by atoms with E-state index in [2.05, 4.69) is 70.3 Å².